The van der Waals surface area contributed by atoms with E-state index in [9.17, 15) is 22.8 Å². The van der Waals surface area contributed by atoms with Gasteiger partial charge in [0.15, 0.2) is 5.82 Å². The van der Waals surface area contributed by atoms with Crippen molar-refractivity contribution in [2.75, 3.05) is 17.2 Å². The SMILES string of the molecule is CC1(C)CNc2cc(/C=C/C(=O)O)cnc2NC1=O.O=C(O)C(F)(F)F. The molecule has 0 fully saturated rings. The molecule has 142 valence electrons. The van der Waals surface area contributed by atoms with E-state index in [2.05, 4.69) is 15.6 Å². The number of aliphatic carboxylic acids is 2. The van der Waals surface area contributed by atoms with Crippen LogP contribution in [-0.4, -0.2) is 45.8 Å². The van der Waals surface area contributed by atoms with Gasteiger partial charge in [0.25, 0.3) is 0 Å². The molecule has 2 heterocycles. The zero-order chi connectivity index (χ0) is 20.1. The molecule has 0 bridgehead atoms. The van der Waals surface area contributed by atoms with Gasteiger partial charge in [-0.3, -0.25) is 4.79 Å². The Morgan fingerprint density at radius 1 is 1.31 bits per heavy atom. The average molecular weight is 375 g/mol. The molecule has 0 unspecified atom stereocenters. The van der Waals surface area contributed by atoms with E-state index in [0.29, 0.717) is 23.6 Å². The van der Waals surface area contributed by atoms with Crippen molar-refractivity contribution in [3.8, 4) is 0 Å². The normalized spacial score (nSPS) is 15.7. The predicted molar refractivity (Wildman–Crippen MR) is 85.5 cm³/mol. The molecule has 11 heteroatoms. The van der Waals surface area contributed by atoms with Crippen molar-refractivity contribution in [3.05, 3.63) is 23.9 Å². The summed E-state index contributed by atoms with van der Waals surface area (Å²) in [6.07, 6.45) is -1.07. The maximum absolute atomic E-state index is 11.9. The Labute approximate surface area is 145 Å². The summed E-state index contributed by atoms with van der Waals surface area (Å²) in [5.41, 5.74) is 0.812. The Morgan fingerprint density at radius 3 is 2.38 bits per heavy atom. The number of carboxylic acids is 2. The van der Waals surface area contributed by atoms with E-state index in [1.165, 1.54) is 12.3 Å². The number of nitrogens with one attached hydrogen (secondary N) is 2. The molecule has 0 aliphatic carbocycles. The van der Waals surface area contributed by atoms with Gasteiger partial charge >= 0.3 is 18.1 Å². The molecule has 1 aromatic rings. The number of aromatic nitrogens is 1. The summed E-state index contributed by atoms with van der Waals surface area (Å²) in [7, 11) is 0. The molecule has 0 atom stereocenters. The maximum Gasteiger partial charge on any atom is 0.490 e. The highest BCUT2D eigenvalue weighted by Gasteiger charge is 2.38. The first-order valence-electron chi connectivity index (χ1n) is 7.09. The first-order valence-corrected chi connectivity index (χ1v) is 7.09. The number of nitrogens with zero attached hydrogens (tertiary/aromatic N) is 1. The molecule has 4 N–H and O–H groups in total. The summed E-state index contributed by atoms with van der Waals surface area (Å²) in [4.78, 5) is 35.4. The van der Waals surface area contributed by atoms with Crippen molar-refractivity contribution in [3.63, 3.8) is 0 Å². The Bertz CT molecular complexity index is 745. The summed E-state index contributed by atoms with van der Waals surface area (Å²) in [5, 5.41) is 21.6. The number of fused-ring (bicyclic) bond motifs is 1. The van der Waals surface area contributed by atoms with Crippen LogP contribution >= 0.6 is 0 Å². The minimum absolute atomic E-state index is 0.0971. The first kappa shape index (κ1) is 20.9. The van der Waals surface area contributed by atoms with Gasteiger partial charge in [0, 0.05) is 18.8 Å². The smallest absolute Gasteiger partial charge is 0.478 e. The molecule has 26 heavy (non-hydrogen) atoms. The largest absolute Gasteiger partial charge is 0.490 e. The summed E-state index contributed by atoms with van der Waals surface area (Å²) in [6.45, 7) is 4.17. The lowest BCUT2D eigenvalue weighted by Gasteiger charge is -2.19. The van der Waals surface area contributed by atoms with Crippen molar-refractivity contribution in [1.82, 2.24) is 4.98 Å². The minimum Gasteiger partial charge on any atom is -0.478 e. The monoisotopic (exact) mass is 375 g/mol. The van der Waals surface area contributed by atoms with Gasteiger partial charge in [0.05, 0.1) is 11.1 Å². The van der Waals surface area contributed by atoms with Crippen LogP contribution in [0.25, 0.3) is 6.08 Å². The van der Waals surface area contributed by atoms with Gasteiger partial charge in [-0.1, -0.05) is 0 Å². The fourth-order valence-corrected chi connectivity index (χ4v) is 1.65. The number of halogens is 3. The van der Waals surface area contributed by atoms with Gasteiger partial charge in [0.2, 0.25) is 5.91 Å². The van der Waals surface area contributed by atoms with Gasteiger partial charge in [0.1, 0.15) is 0 Å². The zero-order valence-corrected chi connectivity index (χ0v) is 13.7. The van der Waals surface area contributed by atoms with Crippen LogP contribution in [0, 0.1) is 5.41 Å². The predicted octanol–water partition coefficient (Wildman–Crippen LogP) is 2.20. The number of amides is 1. The molecule has 1 aliphatic heterocycles. The van der Waals surface area contributed by atoms with Gasteiger partial charge in [-0.25, -0.2) is 14.6 Å². The fourth-order valence-electron chi connectivity index (χ4n) is 1.65. The number of hydrogen-bond acceptors (Lipinski definition) is 5. The molecule has 0 radical (unpaired) electrons. The van der Waals surface area contributed by atoms with Crippen LogP contribution in [0.4, 0.5) is 24.7 Å². The van der Waals surface area contributed by atoms with Crippen LogP contribution in [0.15, 0.2) is 18.3 Å². The lowest BCUT2D eigenvalue weighted by molar-refractivity contribution is -0.192. The van der Waals surface area contributed by atoms with E-state index in [0.717, 1.165) is 6.08 Å². The molecule has 0 aromatic carbocycles. The molecule has 8 nitrogen and oxygen atoms in total. The number of pyridine rings is 1. The lowest BCUT2D eigenvalue weighted by atomic mass is 9.93. The van der Waals surface area contributed by atoms with Crippen LogP contribution in [0.3, 0.4) is 0 Å². The Kier molecular flexibility index (Phi) is 6.32. The zero-order valence-electron chi connectivity index (χ0n) is 13.7. The number of carbonyl (C=O) groups excluding carboxylic acids is 1. The number of hydrogen-bond donors (Lipinski definition) is 4. The molecule has 1 amide bonds. The third kappa shape index (κ3) is 6.07. The van der Waals surface area contributed by atoms with Crippen LogP contribution in [0.1, 0.15) is 19.4 Å². The fraction of sp³-hybridized carbons (Fsp3) is 0.333. The number of anilines is 2. The van der Waals surface area contributed by atoms with Crippen molar-refractivity contribution >= 4 is 35.4 Å². The second-order valence-electron chi connectivity index (χ2n) is 5.83. The van der Waals surface area contributed by atoms with Gasteiger partial charge in [-0.15, -0.1) is 0 Å². The Hall–Kier alpha value is -3.11. The first-order chi connectivity index (χ1) is 11.8. The van der Waals surface area contributed by atoms with E-state index >= 15 is 0 Å². The third-order valence-corrected chi connectivity index (χ3v) is 3.14. The minimum atomic E-state index is -5.08. The number of alkyl halides is 3. The van der Waals surface area contributed by atoms with E-state index in [1.54, 1.807) is 6.07 Å². The molecule has 1 aliphatic rings. The van der Waals surface area contributed by atoms with Crippen molar-refractivity contribution in [2.24, 2.45) is 5.41 Å². The highest BCUT2D eigenvalue weighted by molar-refractivity contribution is 5.98. The molecule has 2 rings (SSSR count). The standard InChI is InChI=1S/C13H15N3O3.C2HF3O2/c1-13(2)7-15-9-5-8(3-4-10(17)18)6-14-11(9)16-12(13)19;3-2(4,5)1(6)7/h3-6,15H,7H2,1-2H3,(H,17,18)(H,14,16,19);(H,6,7)/b4-3+;. The van der Waals surface area contributed by atoms with Crippen molar-refractivity contribution in [1.29, 1.82) is 0 Å². The molecular formula is C15H16F3N3O5. The van der Waals surface area contributed by atoms with E-state index in [1.807, 2.05) is 13.8 Å². The Morgan fingerprint density at radius 2 is 1.88 bits per heavy atom. The van der Waals surface area contributed by atoms with Gasteiger partial charge in [-0.05, 0) is 31.6 Å². The van der Waals surface area contributed by atoms with Gasteiger partial charge < -0.3 is 20.8 Å². The molecule has 0 saturated heterocycles. The molecular weight excluding hydrogens is 359 g/mol. The summed E-state index contributed by atoms with van der Waals surface area (Å²) in [6, 6.07) is 1.75. The molecule has 0 saturated carbocycles. The van der Waals surface area contributed by atoms with Crippen molar-refractivity contribution < 1.29 is 37.8 Å². The van der Waals surface area contributed by atoms with Crippen LogP contribution in [-0.2, 0) is 14.4 Å². The van der Waals surface area contributed by atoms with E-state index in [-0.39, 0.29) is 5.91 Å². The summed E-state index contributed by atoms with van der Waals surface area (Å²) >= 11 is 0. The maximum atomic E-state index is 11.9. The van der Waals surface area contributed by atoms with Crippen LogP contribution in [0.2, 0.25) is 0 Å². The number of carbonyl (C=O) groups is 3. The quantitative estimate of drug-likeness (QED) is 0.583. The molecule has 0 spiro atoms. The lowest BCUT2D eigenvalue weighted by Crippen LogP contribution is -2.34. The number of rotatable bonds is 2. The second kappa shape index (κ2) is 7.85. The second-order valence-corrected chi connectivity index (χ2v) is 5.83. The third-order valence-electron chi connectivity index (χ3n) is 3.14. The number of carboxylic acid groups (broad SMARTS) is 2. The van der Waals surface area contributed by atoms with Crippen LogP contribution < -0.4 is 10.6 Å². The van der Waals surface area contributed by atoms with Crippen LogP contribution in [0.5, 0.6) is 0 Å². The Balaban J connectivity index is 0.000000412. The van der Waals surface area contributed by atoms with E-state index in [4.69, 9.17) is 15.0 Å². The summed E-state index contributed by atoms with van der Waals surface area (Å²) in [5.74, 6) is -3.41. The average Bonchev–Trinajstić information content (AvgIpc) is 2.62. The highest BCUT2D eigenvalue weighted by atomic mass is 19.4. The molecule has 1 aromatic heterocycles. The van der Waals surface area contributed by atoms with Crippen molar-refractivity contribution in [2.45, 2.75) is 20.0 Å². The topological polar surface area (TPSA) is 129 Å². The van der Waals surface area contributed by atoms with Gasteiger partial charge in [-0.2, -0.15) is 13.2 Å². The van der Waals surface area contributed by atoms with E-state index < -0.39 is 23.5 Å². The highest BCUT2D eigenvalue weighted by Crippen LogP contribution is 2.29. The summed E-state index contributed by atoms with van der Waals surface area (Å²) < 4.78 is 31.7.